The van der Waals surface area contributed by atoms with Crippen molar-refractivity contribution in [3.05, 3.63) is 11.6 Å². The van der Waals surface area contributed by atoms with Crippen molar-refractivity contribution in [3.63, 3.8) is 0 Å². The van der Waals surface area contributed by atoms with Crippen LogP contribution in [0.4, 0.5) is 0 Å². The lowest BCUT2D eigenvalue weighted by Crippen LogP contribution is -2.14. The number of hydrogen-bond donors (Lipinski definition) is 0. The van der Waals surface area contributed by atoms with Gasteiger partial charge in [-0.3, -0.25) is 0 Å². The first-order chi connectivity index (χ1) is 5.60. The van der Waals surface area contributed by atoms with Gasteiger partial charge in [-0.05, 0) is 32.1 Å². The molecular weight excluding hydrogens is 282 g/mol. The van der Waals surface area contributed by atoms with Gasteiger partial charge in [0.05, 0.1) is 0 Å². The third-order valence-electron chi connectivity index (χ3n) is 1.40. The van der Waals surface area contributed by atoms with Gasteiger partial charge in [0.15, 0.2) is 0 Å². The van der Waals surface area contributed by atoms with Gasteiger partial charge in [0.1, 0.15) is 0 Å². The van der Waals surface area contributed by atoms with Crippen molar-refractivity contribution < 1.29 is 0 Å². The van der Waals surface area contributed by atoms with Gasteiger partial charge in [-0.25, -0.2) is 0 Å². The predicted octanol–water partition coefficient (Wildman–Crippen LogP) is 5.03. The Morgan fingerprint density at radius 1 is 1.08 bits per heavy atom. The summed E-state index contributed by atoms with van der Waals surface area (Å²) >= 11 is 23.9. The van der Waals surface area contributed by atoms with Crippen molar-refractivity contribution in [2.45, 2.75) is 32.1 Å². The molecule has 13 heavy (non-hydrogen) atoms. The minimum Gasteiger partial charge on any atom is -0.146 e. The topological polar surface area (TPSA) is 0 Å². The summed E-state index contributed by atoms with van der Waals surface area (Å²) in [6.07, 6.45) is 2.06. The molecule has 0 bridgehead atoms. The zero-order valence-corrected chi connectivity index (χ0v) is 13.0. The minimum absolute atomic E-state index is 0.764. The van der Waals surface area contributed by atoms with Crippen LogP contribution in [0.1, 0.15) is 6.92 Å². The molecule has 6 heteroatoms. The molecule has 0 radical (unpaired) electrons. The van der Waals surface area contributed by atoms with Crippen molar-refractivity contribution in [2.75, 3.05) is 0 Å². The van der Waals surface area contributed by atoms with E-state index in [0.717, 1.165) is 12.1 Å². The molecule has 0 amide bonds. The fourth-order valence-corrected chi connectivity index (χ4v) is 4.47. The van der Waals surface area contributed by atoms with Gasteiger partial charge >= 0.3 is 0 Å². The summed E-state index contributed by atoms with van der Waals surface area (Å²) in [6, 6.07) is 1.55. The summed E-state index contributed by atoms with van der Waals surface area (Å²) in [5, 5.41) is 0. The van der Waals surface area contributed by atoms with Gasteiger partial charge in [0.2, 0.25) is 0 Å². The maximum absolute atomic E-state index is 5.99. The van der Waals surface area contributed by atoms with Crippen LogP contribution in [-0.4, -0.2) is 13.4 Å². The smallest absolute Gasteiger partial charge is 0.146 e. The lowest BCUT2D eigenvalue weighted by Gasteiger charge is -2.11. The number of allylic oxidation sites excluding steroid dienone is 2. The fourth-order valence-electron chi connectivity index (χ4n) is 0.915. The second-order valence-corrected chi connectivity index (χ2v) is 19.8. The van der Waals surface area contributed by atoms with Gasteiger partial charge in [0, 0.05) is 0 Å². The van der Waals surface area contributed by atoms with Crippen LogP contribution in [0.3, 0.4) is 0 Å². The zero-order valence-electron chi connectivity index (χ0n) is 8.00. The van der Waals surface area contributed by atoms with Crippen molar-refractivity contribution in [3.8, 4) is 0 Å². The average Bonchev–Trinajstić information content (AvgIpc) is 1.78. The van der Waals surface area contributed by atoms with Crippen molar-refractivity contribution in [1.29, 1.82) is 0 Å². The first-order valence-corrected chi connectivity index (χ1v) is 13.5. The molecule has 0 aromatic rings. The molecule has 0 spiro atoms. The Balaban J connectivity index is 4.05. The normalized spacial score (nSPS) is 14.8. The van der Waals surface area contributed by atoms with Crippen LogP contribution in [0.2, 0.25) is 25.2 Å². The molecule has 0 aromatic heterocycles. The lowest BCUT2D eigenvalue weighted by atomic mass is 10.3. The first-order valence-electron chi connectivity index (χ1n) is 4.01. The molecule has 0 rings (SSSR count). The van der Waals surface area contributed by atoms with Gasteiger partial charge in [-0.1, -0.05) is 11.6 Å². The Kier molecular flexibility index (Phi) is 5.98. The molecule has 0 nitrogen and oxygen atoms in total. The standard InChI is InChI=1S/C7H14Cl4Si2/c1-7(6-13(3,10)11)4-5-12(2,8)9/h4H,5-6H2,1-3H3/b7-4+. The predicted molar refractivity (Wildman–Crippen MR) is 70.0 cm³/mol. The largest absolute Gasteiger partial charge is 0.252 e. The van der Waals surface area contributed by atoms with Crippen LogP contribution < -0.4 is 0 Å². The molecule has 0 N–H and O–H groups in total. The summed E-state index contributed by atoms with van der Waals surface area (Å²) < 4.78 is 0. The third-order valence-corrected chi connectivity index (χ3v) is 5.23. The highest BCUT2D eigenvalue weighted by Gasteiger charge is 2.22. The highest BCUT2D eigenvalue weighted by atomic mass is 35.7. The van der Waals surface area contributed by atoms with E-state index in [-0.39, 0.29) is 0 Å². The molecule has 0 aliphatic heterocycles. The SMILES string of the molecule is C/C(=C\C[Si](C)(Cl)Cl)C[Si](C)(Cl)Cl. The van der Waals surface area contributed by atoms with E-state index in [1.54, 1.807) is 0 Å². The van der Waals surface area contributed by atoms with E-state index >= 15 is 0 Å². The summed E-state index contributed by atoms with van der Waals surface area (Å²) in [6.45, 7) is 1.82. The maximum Gasteiger partial charge on any atom is 0.252 e. The summed E-state index contributed by atoms with van der Waals surface area (Å²) in [5.41, 5.74) is 1.19. The number of rotatable bonds is 4. The molecule has 0 unspecified atom stereocenters. The molecule has 0 saturated carbocycles. The molecule has 0 atom stereocenters. The molecular formula is C7H14Cl4Si2. The van der Waals surface area contributed by atoms with E-state index in [9.17, 15) is 0 Å². The van der Waals surface area contributed by atoms with E-state index < -0.39 is 13.4 Å². The molecule has 0 fully saturated rings. The zero-order chi connectivity index (χ0) is 10.7. The molecule has 0 aromatic carbocycles. The fraction of sp³-hybridized carbons (Fsp3) is 0.714. The van der Waals surface area contributed by atoms with Crippen molar-refractivity contribution in [2.24, 2.45) is 0 Å². The second kappa shape index (κ2) is 5.43. The quantitative estimate of drug-likeness (QED) is 0.387. The molecule has 0 heterocycles. The van der Waals surface area contributed by atoms with Crippen LogP contribution in [0.5, 0.6) is 0 Å². The average molecular weight is 296 g/mol. The maximum atomic E-state index is 5.99. The van der Waals surface area contributed by atoms with Crippen LogP contribution in [0.25, 0.3) is 0 Å². The molecule has 0 saturated heterocycles. The molecule has 0 aliphatic carbocycles. The van der Waals surface area contributed by atoms with Crippen molar-refractivity contribution >= 4 is 57.7 Å². The number of halogens is 4. The van der Waals surface area contributed by atoms with E-state index in [0.29, 0.717) is 0 Å². The Morgan fingerprint density at radius 2 is 1.54 bits per heavy atom. The molecule has 0 aliphatic rings. The summed E-state index contributed by atoms with van der Waals surface area (Å²) in [7, 11) is 0. The first kappa shape index (κ1) is 14.3. The highest BCUT2D eigenvalue weighted by Crippen LogP contribution is 2.27. The Hall–Kier alpha value is 1.33. The van der Waals surface area contributed by atoms with E-state index in [1.165, 1.54) is 5.57 Å². The van der Waals surface area contributed by atoms with Crippen LogP contribution >= 0.6 is 44.3 Å². The number of hydrogen-bond acceptors (Lipinski definition) is 0. The van der Waals surface area contributed by atoms with E-state index in [1.807, 2.05) is 20.0 Å². The van der Waals surface area contributed by atoms with Gasteiger partial charge < -0.3 is 0 Å². The summed E-state index contributed by atoms with van der Waals surface area (Å²) in [5.74, 6) is 0. The van der Waals surface area contributed by atoms with Crippen LogP contribution in [-0.2, 0) is 0 Å². The Labute approximate surface area is 101 Å². The third kappa shape index (κ3) is 11.3. The second-order valence-electron chi connectivity index (χ2n) is 3.57. The Morgan fingerprint density at radius 3 is 1.85 bits per heavy atom. The van der Waals surface area contributed by atoms with Crippen molar-refractivity contribution in [1.82, 2.24) is 0 Å². The lowest BCUT2D eigenvalue weighted by molar-refractivity contribution is 1.32. The highest BCUT2D eigenvalue weighted by molar-refractivity contribution is 7.45. The van der Waals surface area contributed by atoms with Gasteiger partial charge in [0.25, 0.3) is 13.4 Å². The monoisotopic (exact) mass is 294 g/mol. The van der Waals surface area contributed by atoms with Gasteiger partial charge in [-0.15, -0.1) is 44.3 Å². The van der Waals surface area contributed by atoms with E-state index in [2.05, 4.69) is 6.08 Å². The minimum atomic E-state index is -2.01. The van der Waals surface area contributed by atoms with Crippen LogP contribution in [0.15, 0.2) is 11.6 Å². The summed E-state index contributed by atoms with van der Waals surface area (Å²) in [4.78, 5) is 0. The molecule has 78 valence electrons. The van der Waals surface area contributed by atoms with E-state index in [4.69, 9.17) is 44.3 Å². The van der Waals surface area contributed by atoms with Crippen LogP contribution in [0, 0.1) is 0 Å². The van der Waals surface area contributed by atoms with Gasteiger partial charge in [-0.2, -0.15) is 0 Å². The Bertz CT molecular complexity index is 190.